The molecule has 0 saturated heterocycles. The zero-order valence-electron chi connectivity index (χ0n) is 17.9. The standard InChI is InChI=1S/C24H23ClN2O5S/c1-27(21-5-3-2-4-6-21)33(30,31)22-13-9-19(10-14-22)24(29)32-17-23(28)26-16-15-18-7-11-20(25)12-8-18/h2-14H,15-17H2,1H3,(H,26,28). The quantitative estimate of drug-likeness (QED) is 0.466. The molecule has 1 N–H and O–H groups in total. The van der Waals surface area contributed by atoms with E-state index in [9.17, 15) is 18.0 Å². The zero-order chi connectivity index (χ0) is 23.8. The molecule has 0 atom stereocenters. The highest BCUT2D eigenvalue weighted by Crippen LogP contribution is 2.22. The van der Waals surface area contributed by atoms with Crippen molar-refractivity contribution < 1.29 is 22.7 Å². The maximum atomic E-state index is 12.8. The summed E-state index contributed by atoms with van der Waals surface area (Å²) in [6.07, 6.45) is 0.615. The number of benzene rings is 3. The monoisotopic (exact) mass is 486 g/mol. The number of rotatable bonds is 9. The van der Waals surface area contributed by atoms with Crippen molar-refractivity contribution in [3.8, 4) is 0 Å². The van der Waals surface area contributed by atoms with E-state index in [1.165, 1.54) is 31.3 Å². The number of esters is 1. The third-order valence-electron chi connectivity index (χ3n) is 4.85. The maximum absolute atomic E-state index is 12.8. The van der Waals surface area contributed by atoms with Gasteiger partial charge in [-0.2, -0.15) is 0 Å². The van der Waals surface area contributed by atoms with Crippen LogP contribution in [0, 0.1) is 0 Å². The Morgan fingerprint density at radius 2 is 1.58 bits per heavy atom. The van der Waals surface area contributed by atoms with Crippen molar-refractivity contribution in [1.29, 1.82) is 0 Å². The topological polar surface area (TPSA) is 92.8 Å². The van der Waals surface area contributed by atoms with Gasteiger partial charge in [-0.05, 0) is 60.5 Å². The summed E-state index contributed by atoms with van der Waals surface area (Å²) in [5.74, 6) is -1.15. The molecule has 0 spiro atoms. The van der Waals surface area contributed by atoms with Gasteiger partial charge in [-0.15, -0.1) is 0 Å². The van der Waals surface area contributed by atoms with Crippen LogP contribution in [-0.4, -0.2) is 40.5 Å². The van der Waals surface area contributed by atoms with E-state index in [4.69, 9.17) is 16.3 Å². The fourth-order valence-electron chi connectivity index (χ4n) is 2.96. The Morgan fingerprint density at radius 3 is 2.21 bits per heavy atom. The van der Waals surface area contributed by atoms with Gasteiger partial charge in [-0.3, -0.25) is 9.10 Å². The van der Waals surface area contributed by atoms with E-state index in [0.29, 0.717) is 23.7 Å². The molecule has 0 aliphatic carbocycles. The van der Waals surface area contributed by atoms with Crippen molar-refractivity contribution in [3.05, 3.63) is 95.0 Å². The fraction of sp³-hybridized carbons (Fsp3) is 0.167. The predicted molar refractivity (Wildman–Crippen MR) is 127 cm³/mol. The summed E-state index contributed by atoms with van der Waals surface area (Å²) in [4.78, 5) is 24.2. The average Bonchev–Trinajstić information content (AvgIpc) is 2.84. The first kappa shape index (κ1) is 24.3. The lowest BCUT2D eigenvalue weighted by molar-refractivity contribution is -0.124. The van der Waals surface area contributed by atoms with E-state index < -0.39 is 28.5 Å². The van der Waals surface area contributed by atoms with Gasteiger partial charge in [0.15, 0.2) is 6.61 Å². The van der Waals surface area contributed by atoms with Crippen LogP contribution in [0.4, 0.5) is 5.69 Å². The van der Waals surface area contributed by atoms with Gasteiger partial charge >= 0.3 is 5.97 Å². The summed E-state index contributed by atoms with van der Waals surface area (Å²) in [5, 5.41) is 3.32. The number of nitrogens with zero attached hydrogens (tertiary/aromatic N) is 1. The summed E-state index contributed by atoms with van der Waals surface area (Å²) in [6.45, 7) is -0.0459. The van der Waals surface area contributed by atoms with Crippen molar-refractivity contribution in [2.75, 3.05) is 24.5 Å². The molecule has 0 aliphatic rings. The van der Waals surface area contributed by atoms with Crippen molar-refractivity contribution >= 4 is 39.2 Å². The van der Waals surface area contributed by atoms with Crippen LogP contribution < -0.4 is 9.62 Å². The Labute approximate surface area is 198 Å². The molecule has 0 bridgehead atoms. The van der Waals surface area contributed by atoms with Gasteiger partial charge in [0.2, 0.25) is 0 Å². The summed E-state index contributed by atoms with van der Waals surface area (Å²) >= 11 is 5.84. The van der Waals surface area contributed by atoms with Gasteiger partial charge in [0, 0.05) is 18.6 Å². The summed E-state index contributed by atoms with van der Waals surface area (Å²) in [6, 6.07) is 21.3. The average molecular weight is 487 g/mol. The molecular formula is C24H23ClN2O5S. The number of hydrogen-bond acceptors (Lipinski definition) is 5. The Kier molecular flexibility index (Phi) is 8.08. The van der Waals surface area contributed by atoms with Gasteiger partial charge in [0.25, 0.3) is 15.9 Å². The molecule has 1 amide bonds. The number of ether oxygens (including phenoxy) is 1. The first-order valence-electron chi connectivity index (χ1n) is 10.1. The van der Waals surface area contributed by atoms with Crippen molar-refractivity contribution in [2.24, 2.45) is 0 Å². The second-order valence-electron chi connectivity index (χ2n) is 7.14. The number of carbonyl (C=O) groups excluding carboxylic acids is 2. The second-order valence-corrected chi connectivity index (χ2v) is 9.54. The molecule has 3 aromatic carbocycles. The van der Waals surface area contributed by atoms with Crippen LogP contribution in [0.15, 0.2) is 83.8 Å². The first-order valence-corrected chi connectivity index (χ1v) is 11.9. The van der Waals surface area contributed by atoms with E-state index in [0.717, 1.165) is 9.87 Å². The molecule has 9 heteroatoms. The highest BCUT2D eigenvalue weighted by Gasteiger charge is 2.21. The molecule has 0 fully saturated rings. The minimum Gasteiger partial charge on any atom is -0.452 e. The molecule has 0 aliphatic heterocycles. The molecular weight excluding hydrogens is 464 g/mol. The number of amides is 1. The van der Waals surface area contributed by atoms with E-state index in [1.807, 2.05) is 12.1 Å². The number of sulfonamides is 1. The van der Waals surface area contributed by atoms with Crippen molar-refractivity contribution in [1.82, 2.24) is 5.32 Å². The highest BCUT2D eigenvalue weighted by molar-refractivity contribution is 7.92. The minimum atomic E-state index is -3.79. The third-order valence-corrected chi connectivity index (χ3v) is 6.90. The van der Waals surface area contributed by atoms with Crippen LogP contribution in [0.3, 0.4) is 0 Å². The lowest BCUT2D eigenvalue weighted by Gasteiger charge is -2.19. The molecule has 3 rings (SSSR count). The van der Waals surface area contributed by atoms with Crippen molar-refractivity contribution in [3.63, 3.8) is 0 Å². The molecule has 0 unspecified atom stereocenters. The molecule has 0 saturated carbocycles. The Hall–Kier alpha value is -3.36. The fourth-order valence-corrected chi connectivity index (χ4v) is 4.28. The summed E-state index contributed by atoms with van der Waals surface area (Å²) in [5.41, 5.74) is 1.68. The van der Waals surface area contributed by atoms with E-state index in [-0.39, 0.29) is 10.5 Å². The second kappa shape index (κ2) is 11.0. The molecule has 172 valence electrons. The van der Waals surface area contributed by atoms with Gasteiger partial charge in [-0.1, -0.05) is 41.9 Å². The normalized spacial score (nSPS) is 11.0. The number of nitrogens with one attached hydrogen (secondary N) is 1. The number of halogens is 1. The van der Waals surface area contributed by atoms with E-state index in [2.05, 4.69) is 5.32 Å². The van der Waals surface area contributed by atoms with Gasteiger partial charge in [0.05, 0.1) is 16.1 Å². The SMILES string of the molecule is CN(c1ccccc1)S(=O)(=O)c1ccc(C(=O)OCC(=O)NCCc2ccc(Cl)cc2)cc1. The Morgan fingerprint density at radius 1 is 0.939 bits per heavy atom. The first-order chi connectivity index (χ1) is 15.8. The van der Waals surface area contributed by atoms with Gasteiger partial charge in [-0.25, -0.2) is 13.2 Å². The van der Waals surface area contributed by atoms with Crippen LogP contribution in [0.2, 0.25) is 5.02 Å². The predicted octanol–water partition coefficient (Wildman–Crippen LogP) is 3.68. The highest BCUT2D eigenvalue weighted by atomic mass is 35.5. The summed E-state index contributed by atoms with van der Waals surface area (Å²) < 4.78 is 31.8. The smallest absolute Gasteiger partial charge is 0.338 e. The Bertz CT molecular complexity index is 1200. The maximum Gasteiger partial charge on any atom is 0.338 e. The summed E-state index contributed by atoms with van der Waals surface area (Å²) in [7, 11) is -2.33. The molecule has 0 radical (unpaired) electrons. The number of hydrogen-bond donors (Lipinski definition) is 1. The lowest BCUT2D eigenvalue weighted by atomic mass is 10.1. The molecule has 0 heterocycles. The van der Waals surface area contributed by atoms with E-state index >= 15 is 0 Å². The van der Waals surface area contributed by atoms with E-state index in [1.54, 1.807) is 42.5 Å². The molecule has 3 aromatic rings. The van der Waals surface area contributed by atoms with Gasteiger partial charge < -0.3 is 10.1 Å². The van der Waals surface area contributed by atoms with Gasteiger partial charge in [0.1, 0.15) is 0 Å². The number of para-hydroxylation sites is 1. The molecule has 0 aromatic heterocycles. The van der Waals surface area contributed by atoms with Crippen LogP contribution in [-0.2, 0) is 26.0 Å². The lowest BCUT2D eigenvalue weighted by Crippen LogP contribution is -2.30. The Balaban J connectivity index is 1.50. The minimum absolute atomic E-state index is 0.0327. The number of anilines is 1. The molecule has 7 nitrogen and oxygen atoms in total. The zero-order valence-corrected chi connectivity index (χ0v) is 19.5. The molecule has 33 heavy (non-hydrogen) atoms. The van der Waals surface area contributed by atoms with Crippen LogP contribution >= 0.6 is 11.6 Å². The third kappa shape index (κ3) is 6.57. The van der Waals surface area contributed by atoms with Crippen LogP contribution in [0.1, 0.15) is 15.9 Å². The van der Waals surface area contributed by atoms with Crippen LogP contribution in [0.5, 0.6) is 0 Å². The van der Waals surface area contributed by atoms with Crippen molar-refractivity contribution in [2.45, 2.75) is 11.3 Å². The number of carbonyl (C=O) groups is 2. The van der Waals surface area contributed by atoms with Crippen LogP contribution in [0.25, 0.3) is 0 Å². The largest absolute Gasteiger partial charge is 0.452 e.